The van der Waals surface area contributed by atoms with Gasteiger partial charge in [0.25, 0.3) is 0 Å². The Morgan fingerprint density at radius 2 is 1.86 bits per heavy atom. The van der Waals surface area contributed by atoms with Gasteiger partial charge in [0, 0.05) is 48.8 Å². The molecule has 1 aliphatic rings. The molecule has 1 aromatic carbocycles. The third-order valence-corrected chi connectivity index (χ3v) is 3.98. The van der Waals surface area contributed by atoms with Crippen molar-refractivity contribution >= 4 is 5.69 Å². The van der Waals surface area contributed by atoms with E-state index in [4.69, 9.17) is 0 Å². The summed E-state index contributed by atoms with van der Waals surface area (Å²) in [6, 6.07) is 11.4. The van der Waals surface area contributed by atoms with E-state index < -0.39 is 0 Å². The summed E-state index contributed by atoms with van der Waals surface area (Å²) in [5.41, 5.74) is 6.55. The van der Waals surface area contributed by atoms with Gasteiger partial charge < -0.3 is 10.2 Å². The smallest absolute Gasteiger partial charge is 0.0451 e. The Hall–Kier alpha value is -1.87. The molecular weight excluding hydrogens is 258 g/mol. The van der Waals surface area contributed by atoms with Crippen molar-refractivity contribution in [3.63, 3.8) is 0 Å². The topological polar surface area (TPSA) is 28.2 Å². The van der Waals surface area contributed by atoms with Crippen LogP contribution >= 0.6 is 0 Å². The van der Waals surface area contributed by atoms with Crippen molar-refractivity contribution in [3.8, 4) is 0 Å². The van der Waals surface area contributed by atoms with Crippen LogP contribution in [0.2, 0.25) is 0 Å². The Balaban J connectivity index is 1.86. The molecule has 0 saturated heterocycles. The average Bonchev–Trinajstić information content (AvgIpc) is 2.89. The average molecular weight is 281 g/mol. The van der Waals surface area contributed by atoms with Crippen LogP contribution in [0.15, 0.2) is 36.5 Å². The van der Waals surface area contributed by atoms with E-state index in [1.807, 2.05) is 6.20 Å². The van der Waals surface area contributed by atoms with Crippen LogP contribution in [0.1, 0.15) is 36.2 Å². The fraction of sp³-hybridized carbons (Fsp3) is 0.389. The zero-order chi connectivity index (χ0) is 14.8. The first kappa shape index (κ1) is 14.1. The van der Waals surface area contributed by atoms with Gasteiger partial charge in [0.2, 0.25) is 0 Å². The summed E-state index contributed by atoms with van der Waals surface area (Å²) in [7, 11) is 0. The number of aromatic nitrogens is 1. The lowest BCUT2D eigenvalue weighted by Gasteiger charge is -2.22. The Bertz CT molecular complexity index is 609. The van der Waals surface area contributed by atoms with Crippen molar-refractivity contribution in [2.45, 2.75) is 46.4 Å². The molecule has 2 heterocycles. The highest BCUT2D eigenvalue weighted by molar-refractivity contribution is 5.57. The SMILES string of the molecule is Cc1cc(N2Cc3ccccc3C2)c(CNC(C)C)cn1. The van der Waals surface area contributed by atoms with Gasteiger partial charge in [-0.3, -0.25) is 4.98 Å². The predicted molar refractivity (Wildman–Crippen MR) is 87.3 cm³/mol. The van der Waals surface area contributed by atoms with Crippen molar-refractivity contribution < 1.29 is 0 Å². The quantitative estimate of drug-likeness (QED) is 0.931. The minimum atomic E-state index is 0.481. The molecule has 0 fully saturated rings. The molecule has 1 aromatic heterocycles. The van der Waals surface area contributed by atoms with Gasteiger partial charge in [0.1, 0.15) is 0 Å². The molecule has 3 rings (SSSR count). The van der Waals surface area contributed by atoms with Crippen LogP contribution < -0.4 is 10.2 Å². The van der Waals surface area contributed by atoms with E-state index >= 15 is 0 Å². The molecule has 0 radical (unpaired) electrons. The van der Waals surface area contributed by atoms with Crippen molar-refractivity contribution in [1.82, 2.24) is 10.3 Å². The largest absolute Gasteiger partial charge is 0.362 e. The molecule has 0 spiro atoms. The van der Waals surface area contributed by atoms with Crippen LogP contribution in [-0.4, -0.2) is 11.0 Å². The van der Waals surface area contributed by atoms with Gasteiger partial charge in [-0.25, -0.2) is 0 Å². The summed E-state index contributed by atoms with van der Waals surface area (Å²) in [5.74, 6) is 0. The zero-order valence-electron chi connectivity index (χ0n) is 13.1. The molecule has 1 aliphatic heterocycles. The van der Waals surface area contributed by atoms with Gasteiger partial charge in [-0.1, -0.05) is 38.1 Å². The number of benzene rings is 1. The second kappa shape index (κ2) is 5.86. The molecule has 0 saturated carbocycles. The summed E-state index contributed by atoms with van der Waals surface area (Å²) in [5, 5.41) is 3.50. The van der Waals surface area contributed by atoms with E-state index in [0.29, 0.717) is 6.04 Å². The van der Waals surface area contributed by atoms with Crippen molar-refractivity contribution in [1.29, 1.82) is 0 Å². The van der Waals surface area contributed by atoms with Gasteiger partial charge in [-0.15, -0.1) is 0 Å². The van der Waals surface area contributed by atoms with Gasteiger partial charge in [-0.2, -0.15) is 0 Å². The molecule has 0 amide bonds. The Morgan fingerprint density at radius 1 is 1.19 bits per heavy atom. The Kier molecular flexibility index (Phi) is 3.93. The molecule has 0 aliphatic carbocycles. The number of rotatable bonds is 4. The van der Waals surface area contributed by atoms with Crippen LogP contribution in [0, 0.1) is 6.92 Å². The van der Waals surface area contributed by atoms with Gasteiger partial charge in [-0.05, 0) is 24.1 Å². The Labute approximate surface area is 127 Å². The van der Waals surface area contributed by atoms with Crippen LogP contribution in [0.25, 0.3) is 0 Å². The van der Waals surface area contributed by atoms with E-state index in [0.717, 1.165) is 25.3 Å². The van der Waals surface area contributed by atoms with Crippen molar-refractivity contribution in [2.75, 3.05) is 4.90 Å². The van der Waals surface area contributed by atoms with Crippen LogP contribution in [0.3, 0.4) is 0 Å². The highest BCUT2D eigenvalue weighted by Crippen LogP contribution is 2.30. The van der Waals surface area contributed by atoms with Crippen LogP contribution in [0.4, 0.5) is 5.69 Å². The molecule has 0 atom stereocenters. The second-order valence-electron chi connectivity index (χ2n) is 6.11. The summed E-state index contributed by atoms with van der Waals surface area (Å²) in [4.78, 5) is 6.93. The van der Waals surface area contributed by atoms with Crippen LogP contribution in [0.5, 0.6) is 0 Å². The number of anilines is 1. The summed E-state index contributed by atoms with van der Waals surface area (Å²) >= 11 is 0. The molecule has 3 heteroatoms. The predicted octanol–water partition coefficient (Wildman–Crippen LogP) is 3.41. The Morgan fingerprint density at radius 3 is 2.48 bits per heavy atom. The molecular formula is C18H23N3. The third kappa shape index (κ3) is 3.08. The number of hydrogen-bond acceptors (Lipinski definition) is 3. The maximum atomic E-state index is 4.47. The molecule has 2 aromatic rings. The molecule has 0 bridgehead atoms. The van der Waals surface area contributed by atoms with Gasteiger partial charge in [0.15, 0.2) is 0 Å². The summed E-state index contributed by atoms with van der Waals surface area (Å²) in [6.07, 6.45) is 2.02. The van der Waals surface area contributed by atoms with E-state index in [1.165, 1.54) is 22.4 Å². The number of nitrogens with zero attached hydrogens (tertiary/aromatic N) is 2. The summed E-state index contributed by atoms with van der Waals surface area (Å²) in [6.45, 7) is 9.27. The lowest BCUT2D eigenvalue weighted by molar-refractivity contribution is 0.586. The number of pyridine rings is 1. The fourth-order valence-electron chi connectivity index (χ4n) is 2.82. The normalized spacial score (nSPS) is 13.8. The lowest BCUT2D eigenvalue weighted by Crippen LogP contribution is -2.24. The third-order valence-electron chi connectivity index (χ3n) is 3.98. The minimum absolute atomic E-state index is 0.481. The van der Waals surface area contributed by atoms with Crippen molar-refractivity contribution in [2.24, 2.45) is 0 Å². The number of hydrogen-bond donors (Lipinski definition) is 1. The minimum Gasteiger partial charge on any atom is -0.362 e. The van der Waals surface area contributed by atoms with E-state index in [1.54, 1.807) is 0 Å². The highest BCUT2D eigenvalue weighted by Gasteiger charge is 2.21. The number of fused-ring (bicyclic) bond motifs is 1. The summed E-state index contributed by atoms with van der Waals surface area (Å²) < 4.78 is 0. The van der Waals surface area contributed by atoms with E-state index in [2.05, 4.69) is 66.3 Å². The fourth-order valence-corrected chi connectivity index (χ4v) is 2.82. The molecule has 21 heavy (non-hydrogen) atoms. The maximum Gasteiger partial charge on any atom is 0.0451 e. The first-order valence-corrected chi connectivity index (χ1v) is 7.64. The van der Waals surface area contributed by atoms with Crippen molar-refractivity contribution in [3.05, 3.63) is 58.9 Å². The van der Waals surface area contributed by atoms with Gasteiger partial charge in [0.05, 0.1) is 0 Å². The zero-order valence-corrected chi connectivity index (χ0v) is 13.1. The highest BCUT2D eigenvalue weighted by atomic mass is 15.2. The van der Waals surface area contributed by atoms with E-state index in [9.17, 15) is 0 Å². The molecule has 1 N–H and O–H groups in total. The first-order valence-electron chi connectivity index (χ1n) is 7.64. The first-order chi connectivity index (χ1) is 10.1. The van der Waals surface area contributed by atoms with E-state index in [-0.39, 0.29) is 0 Å². The standard InChI is InChI=1S/C18H23N3/c1-13(2)19-9-17-10-20-14(3)8-18(17)21-11-15-6-4-5-7-16(15)12-21/h4-8,10,13,19H,9,11-12H2,1-3H3. The molecule has 110 valence electrons. The lowest BCUT2D eigenvalue weighted by atomic mass is 10.1. The maximum absolute atomic E-state index is 4.47. The monoisotopic (exact) mass is 281 g/mol. The number of aryl methyl sites for hydroxylation is 1. The van der Waals surface area contributed by atoms with Crippen LogP contribution in [-0.2, 0) is 19.6 Å². The number of nitrogens with one attached hydrogen (secondary N) is 1. The van der Waals surface area contributed by atoms with Gasteiger partial charge >= 0.3 is 0 Å². The second-order valence-corrected chi connectivity index (χ2v) is 6.11. The molecule has 3 nitrogen and oxygen atoms in total. The molecule has 0 unspecified atom stereocenters.